The Morgan fingerprint density at radius 3 is 2.25 bits per heavy atom. The molecule has 0 aliphatic heterocycles. The standard InChI is InChI=1S/C9H16O3/c1-4-8(6-7(3)10)9(11)12-5-2/h8H,4-6H2,1-3H3/t8-/m1/s1. The number of rotatable bonds is 5. The van der Waals surface area contributed by atoms with E-state index in [1.807, 2.05) is 6.92 Å². The summed E-state index contributed by atoms with van der Waals surface area (Å²) in [6, 6.07) is 0. The molecule has 0 unspecified atom stereocenters. The molecule has 0 fully saturated rings. The Morgan fingerprint density at radius 2 is 1.92 bits per heavy atom. The number of carbonyl (C=O) groups excluding carboxylic acids is 2. The van der Waals surface area contributed by atoms with Crippen LogP contribution in [-0.2, 0) is 14.3 Å². The lowest BCUT2D eigenvalue weighted by atomic mass is 10.0. The van der Waals surface area contributed by atoms with Gasteiger partial charge in [0.15, 0.2) is 0 Å². The highest BCUT2D eigenvalue weighted by molar-refractivity contribution is 5.82. The fourth-order valence-electron chi connectivity index (χ4n) is 1.00. The molecule has 0 aliphatic carbocycles. The molecule has 0 N–H and O–H groups in total. The van der Waals surface area contributed by atoms with Crippen LogP contribution in [0.4, 0.5) is 0 Å². The van der Waals surface area contributed by atoms with Crippen molar-refractivity contribution in [3.05, 3.63) is 0 Å². The Bertz CT molecular complexity index is 163. The first kappa shape index (κ1) is 11.1. The number of ether oxygens (including phenoxy) is 1. The second-order valence-electron chi connectivity index (χ2n) is 2.76. The maximum absolute atomic E-state index is 11.1. The SMILES string of the molecule is CCOC(=O)[C@H](CC)CC(C)=O. The van der Waals surface area contributed by atoms with Gasteiger partial charge in [-0.05, 0) is 20.3 Å². The Balaban J connectivity index is 3.96. The summed E-state index contributed by atoms with van der Waals surface area (Å²) in [5.74, 6) is -0.465. The van der Waals surface area contributed by atoms with E-state index in [4.69, 9.17) is 4.74 Å². The van der Waals surface area contributed by atoms with Crippen molar-refractivity contribution in [2.24, 2.45) is 5.92 Å². The van der Waals surface area contributed by atoms with E-state index in [1.54, 1.807) is 6.92 Å². The van der Waals surface area contributed by atoms with Gasteiger partial charge in [0.1, 0.15) is 5.78 Å². The van der Waals surface area contributed by atoms with Crippen LogP contribution in [0.5, 0.6) is 0 Å². The molecule has 0 saturated heterocycles. The summed E-state index contributed by atoms with van der Waals surface area (Å²) in [6.45, 7) is 5.51. The molecule has 70 valence electrons. The lowest BCUT2D eigenvalue weighted by Crippen LogP contribution is -2.19. The van der Waals surface area contributed by atoms with E-state index in [1.165, 1.54) is 6.92 Å². The van der Waals surface area contributed by atoms with Gasteiger partial charge in [0.25, 0.3) is 0 Å². The predicted octanol–water partition coefficient (Wildman–Crippen LogP) is 1.55. The van der Waals surface area contributed by atoms with Gasteiger partial charge in [-0.3, -0.25) is 4.79 Å². The van der Waals surface area contributed by atoms with Crippen LogP contribution >= 0.6 is 0 Å². The van der Waals surface area contributed by atoms with E-state index < -0.39 is 0 Å². The van der Waals surface area contributed by atoms with Gasteiger partial charge in [-0.2, -0.15) is 0 Å². The highest BCUT2D eigenvalue weighted by Gasteiger charge is 2.18. The Kier molecular flexibility index (Phi) is 5.34. The van der Waals surface area contributed by atoms with Crippen molar-refractivity contribution in [2.45, 2.75) is 33.6 Å². The number of esters is 1. The minimum absolute atomic E-state index is 0.0369. The molecule has 0 aromatic carbocycles. The van der Waals surface area contributed by atoms with Crippen molar-refractivity contribution in [3.8, 4) is 0 Å². The second-order valence-corrected chi connectivity index (χ2v) is 2.76. The smallest absolute Gasteiger partial charge is 0.309 e. The third kappa shape index (κ3) is 4.11. The van der Waals surface area contributed by atoms with Crippen LogP contribution in [-0.4, -0.2) is 18.4 Å². The lowest BCUT2D eigenvalue weighted by Gasteiger charge is -2.10. The minimum atomic E-state index is -0.254. The van der Waals surface area contributed by atoms with Crippen LogP contribution in [0.3, 0.4) is 0 Å². The average molecular weight is 172 g/mol. The van der Waals surface area contributed by atoms with Crippen LogP contribution in [0.2, 0.25) is 0 Å². The number of ketones is 1. The maximum Gasteiger partial charge on any atom is 0.309 e. The fourth-order valence-corrected chi connectivity index (χ4v) is 1.00. The highest BCUT2D eigenvalue weighted by Crippen LogP contribution is 2.10. The molecule has 0 spiro atoms. The molecule has 0 aromatic rings. The van der Waals surface area contributed by atoms with Crippen LogP contribution in [0.1, 0.15) is 33.6 Å². The third-order valence-corrected chi connectivity index (χ3v) is 1.65. The van der Waals surface area contributed by atoms with Gasteiger partial charge in [0, 0.05) is 6.42 Å². The summed E-state index contributed by atoms with van der Waals surface area (Å²) in [5, 5.41) is 0. The molecule has 0 bridgehead atoms. The molecule has 0 rings (SSSR count). The number of Topliss-reactive ketones (excluding diaryl/α,β-unsaturated/α-hetero) is 1. The zero-order valence-corrected chi connectivity index (χ0v) is 7.92. The molecule has 12 heavy (non-hydrogen) atoms. The predicted molar refractivity (Wildman–Crippen MR) is 45.7 cm³/mol. The molecule has 1 atom stereocenters. The molecular weight excluding hydrogens is 156 g/mol. The lowest BCUT2D eigenvalue weighted by molar-refractivity contribution is -0.149. The molecule has 0 heterocycles. The van der Waals surface area contributed by atoms with Crippen LogP contribution in [0.15, 0.2) is 0 Å². The average Bonchev–Trinajstić information content (AvgIpc) is 2.00. The van der Waals surface area contributed by atoms with E-state index in [0.717, 1.165) is 0 Å². The van der Waals surface area contributed by atoms with Crippen LogP contribution < -0.4 is 0 Å². The molecule has 0 aromatic heterocycles. The third-order valence-electron chi connectivity index (χ3n) is 1.65. The zero-order chi connectivity index (χ0) is 9.56. The van der Waals surface area contributed by atoms with E-state index in [9.17, 15) is 9.59 Å². The Morgan fingerprint density at radius 1 is 1.33 bits per heavy atom. The summed E-state index contributed by atoms with van der Waals surface area (Å²) in [4.78, 5) is 21.8. The van der Waals surface area contributed by atoms with Crippen molar-refractivity contribution in [1.82, 2.24) is 0 Å². The van der Waals surface area contributed by atoms with Gasteiger partial charge in [-0.15, -0.1) is 0 Å². The topological polar surface area (TPSA) is 43.4 Å². The summed E-state index contributed by atoms with van der Waals surface area (Å²) in [6.07, 6.45) is 0.966. The first-order valence-electron chi connectivity index (χ1n) is 4.27. The molecule has 0 saturated carbocycles. The van der Waals surface area contributed by atoms with Gasteiger partial charge >= 0.3 is 5.97 Å². The number of hydrogen-bond donors (Lipinski definition) is 0. The van der Waals surface area contributed by atoms with Crippen LogP contribution in [0, 0.1) is 5.92 Å². The van der Waals surface area contributed by atoms with E-state index in [-0.39, 0.29) is 17.7 Å². The summed E-state index contributed by atoms with van der Waals surface area (Å²) < 4.78 is 4.80. The highest BCUT2D eigenvalue weighted by atomic mass is 16.5. The van der Waals surface area contributed by atoms with E-state index in [2.05, 4.69) is 0 Å². The largest absolute Gasteiger partial charge is 0.466 e. The van der Waals surface area contributed by atoms with Crippen molar-refractivity contribution in [3.63, 3.8) is 0 Å². The van der Waals surface area contributed by atoms with Gasteiger partial charge in [0.05, 0.1) is 12.5 Å². The summed E-state index contributed by atoms with van der Waals surface area (Å²) in [5.41, 5.74) is 0. The van der Waals surface area contributed by atoms with E-state index in [0.29, 0.717) is 19.4 Å². The van der Waals surface area contributed by atoms with Crippen LogP contribution in [0.25, 0.3) is 0 Å². The summed E-state index contributed by atoms with van der Waals surface area (Å²) >= 11 is 0. The molecular formula is C9H16O3. The zero-order valence-electron chi connectivity index (χ0n) is 7.92. The Labute approximate surface area is 73.1 Å². The molecule has 3 heteroatoms. The van der Waals surface area contributed by atoms with E-state index >= 15 is 0 Å². The second kappa shape index (κ2) is 5.75. The monoisotopic (exact) mass is 172 g/mol. The normalized spacial score (nSPS) is 12.2. The van der Waals surface area contributed by atoms with Crippen molar-refractivity contribution in [2.75, 3.05) is 6.61 Å². The Hall–Kier alpha value is -0.860. The molecule has 0 amide bonds. The van der Waals surface area contributed by atoms with Gasteiger partial charge < -0.3 is 9.53 Å². The van der Waals surface area contributed by atoms with Crippen molar-refractivity contribution in [1.29, 1.82) is 0 Å². The quantitative estimate of drug-likeness (QED) is 0.591. The van der Waals surface area contributed by atoms with Gasteiger partial charge in [-0.25, -0.2) is 0 Å². The first-order valence-corrected chi connectivity index (χ1v) is 4.27. The molecule has 0 aliphatic rings. The maximum atomic E-state index is 11.1. The molecule has 3 nitrogen and oxygen atoms in total. The molecule has 0 radical (unpaired) electrons. The van der Waals surface area contributed by atoms with Gasteiger partial charge in [-0.1, -0.05) is 6.92 Å². The van der Waals surface area contributed by atoms with Crippen molar-refractivity contribution < 1.29 is 14.3 Å². The number of carbonyl (C=O) groups is 2. The first-order chi connectivity index (χ1) is 5.61. The fraction of sp³-hybridized carbons (Fsp3) is 0.778. The minimum Gasteiger partial charge on any atom is -0.466 e. The number of hydrogen-bond acceptors (Lipinski definition) is 3. The summed E-state index contributed by atoms with van der Waals surface area (Å²) in [7, 11) is 0. The van der Waals surface area contributed by atoms with Gasteiger partial charge in [0.2, 0.25) is 0 Å². The van der Waals surface area contributed by atoms with Crippen molar-refractivity contribution >= 4 is 11.8 Å².